The summed E-state index contributed by atoms with van der Waals surface area (Å²) in [5.41, 5.74) is 4.66. The van der Waals surface area contributed by atoms with E-state index in [-0.39, 0.29) is 11.2 Å². The van der Waals surface area contributed by atoms with E-state index in [0.29, 0.717) is 6.42 Å². The molecule has 3 heterocycles. The summed E-state index contributed by atoms with van der Waals surface area (Å²) in [6.45, 7) is 9.72. The fourth-order valence-corrected chi connectivity index (χ4v) is 6.98. The van der Waals surface area contributed by atoms with Crippen LogP contribution in [0.25, 0.3) is 21.0 Å². The number of Topliss-reactive ketones (excluding diaryl/α,β-unsaturated/α-hetero) is 1. The summed E-state index contributed by atoms with van der Waals surface area (Å²) in [7, 11) is 0. The Morgan fingerprint density at radius 3 is 2.50 bits per heavy atom. The van der Waals surface area contributed by atoms with Crippen LogP contribution < -0.4 is 4.90 Å². The lowest BCUT2D eigenvalue weighted by Crippen LogP contribution is -2.36. The number of carbonyl (C=O) groups excluding carboxylic acids is 1. The molecule has 156 valence electrons. The summed E-state index contributed by atoms with van der Waals surface area (Å²) >= 11 is 3.43. The van der Waals surface area contributed by atoms with Gasteiger partial charge in [0, 0.05) is 30.6 Å². The third kappa shape index (κ3) is 3.51. The van der Waals surface area contributed by atoms with E-state index >= 15 is 0 Å². The molecule has 0 unspecified atom stereocenters. The smallest absolute Gasteiger partial charge is 0.173 e. The van der Waals surface area contributed by atoms with E-state index in [9.17, 15) is 4.79 Å². The van der Waals surface area contributed by atoms with E-state index in [2.05, 4.69) is 49.9 Å². The van der Waals surface area contributed by atoms with Crippen LogP contribution in [0.4, 0.5) is 5.00 Å². The maximum Gasteiger partial charge on any atom is 0.173 e. The van der Waals surface area contributed by atoms with Gasteiger partial charge in [-0.3, -0.25) is 4.79 Å². The molecule has 1 aliphatic heterocycles. The number of rotatable bonds is 3. The number of aryl methyl sites for hydroxylation is 1. The van der Waals surface area contributed by atoms with Crippen molar-refractivity contribution in [1.82, 2.24) is 4.98 Å². The van der Waals surface area contributed by atoms with Crippen LogP contribution in [0.5, 0.6) is 0 Å². The van der Waals surface area contributed by atoms with Crippen LogP contribution >= 0.6 is 22.7 Å². The minimum absolute atomic E-state index is 0.0109. The molecule has 2 aromatic heterocycles. The largest absolute Gasteiger partial charge is 0.378 e. The fraction of sp³-hybridized carbons (Fsp3) is 0.417. The molecule has 4 nitrogen and oxygen atoms in total. The summed E-state index contributed by atoms with van der Waals surface area (Å²) in [4.78, 5) is 22.5. The minimum Gasteiger partial charge on any atom is -0.378 e. The predicted octanol–water partition coefficient (Wildman–Crippen LogP) is 5.84. The third-order valence-electron chi connectivity index (χ3n) is 5.88. The molecule has 3 aromatic rings. The lowest BCUT2D eigenvalue weighted by atomic mass is 9.75. The Morgan fingerprint density at radius 2 is 1.77 bits per heavy atom. The highest BCUT2D eigenvalue weighted by atomic mass is 32.1. The minimum atomic E-state index is -0.0109. The molecular weight excluding hydrogens is 412 g/mol. The standard InChI is InChI=1S/C24H26N2O2S2/c1-15-20(29-22(25-15)16-7-5-4-6-8-16)19-17-13-24(2,3)14-18(27)21(17)30-23(19)26-9-11-28-12-10-26/h4-8H,9-14H2,1-3H3. The van der Waals surface area contributed by atoms with E-state index in [1.807, 2.05) is 6.07 Å². The second-order valence-corrected chi connectivity index (χ2v) is 10.9. The highest BCUT2D eigenvalue weighted by molar-refractivity contribution is 7.21. The molecule has 1 aliphatic carbocycles. The predicted molar refractivity (Wildman–Crippen MR) is 125 cm³/mol. The molecule has 30 heavy (non-hydrogen) atoms. The number of hydrogen-bond donors (Lipinski definition) is 0. The topological polar surface area (TPSA) is 42.4 Å². The van der Waals surface area contributed by atoms with Crippen LogP contribution in [0.2, 0.25) is 0 Å². The van der Waals surface area contributed by atoms with Crippen molar-refractivity contribution >= 4 is 33.5 Å². The molecule has 0 saturated carbocycles. The molecule has 0 amide bonds. The van der Waals surface area contributed by atoms with Crippen LogP contribution in [0, 0.1) is 12.3 Å². The van der Waals surface area contributed by atoms with Crippen molar-refractivity contribution < 1.29 is 9.53 Å². The average molecular weight is 439 g/mol. The highest BCUT2D eigenvalue weighted by Crippen LogP contribution is 2.52. The van der Waals surface area contributed by atoms with E-state index in [1.165, 1.54) is 21.0 Å². The van der Waals surface area contributed by atoms with Gasteiger partial charge in [0.15, 0.2) is 5.78 Å². The zero-order valence-corrected chi connectivity index (χ0v) is 19.3. The van der Waals surface area contributed by atoms with E-state index < -0.39 is 0 Å². The third-order valence-corrected chi connectivity index (χ3v) is 8.44. The molecule has 0 spiro atoms. The number of aromatic nitrogens is 1. The van der Waals surface area contributed by atoms with Crippen LogP contribution in [0.1, 0.15) is 41.2 Å². The van der Waals surface area contributed by atoms with Crippen LogP contribution in [0.15, 0.2) is 30.3 Å². The van der Waals surface area contributed by atoms with Gasteiger partial charge in [0.2, 0.25) is 0 Å². The van der Waals surface area contributed by atoms with Crippen molar-refractivity contribution in [2.45, 2.75) is 33.6 Å². The Bertz CT molecular complexity index is 1090. The Morgan fingerprint density at radius 1 is 1.03 bits per heavy atom. The van der Waals surface area contributed by atoms with Crippen molar-refractivity contribution in [2.24, 2.45) is 5.41 Å². The van der Waals surface area contributed by atoms with Gasteiger partial charge in [-0.2, -0.15) is 0 Å². The molecular formula is C24H26N2O2S2. The van der Waals surface area contributed by atoms with Crippen LogP contribution in [0.3, 0.4) is 0 Å². The molecule has 2 aliphatic rings. The van der Waals surface area contributed by atoms with Gasteiger partial charge in [-0.25, -0.2) is 4.98 Å². The number of carbonyl (C=O) groups is 1. The number of thiophene rings is 1. The van der Waals surface area contributed by atoms with Gasteiger partial charge in [0.05, 0.1) is 28.7 Å². The van der Waals surface area contributed by atoms with Gasteiger partial charge in [0.1, 0.15) is 10.0 Å². The number of morpholine rings is 1. The van der Waals surface area contributed by atoms with Gasteiger partial charge < -0.3 is 9.64 Å². The van der Waals surface area contributed by atoms with Crippen molar-refractivity contribution in [3.8, 4) is 21.0 Å². The van der Waals surface area contributed by atoms with Crippen LogP contribution in [-0.4, -0.2) is 37.1 Å². The molecule has 1 fully saturated rings. The molecule has 0 bridgehead atoms. The summed E-state index contributed by atoms with van der Waals surface area (Å²) < 4.78 is 5.59. The van der Waals surface area contributed by atoms with Crippen molar-refractivity contribution in [3.05, 3.63) is 46.5 Å². The first-order chi connectivity index (χ1) is 14.4. The molecule has 0 atom stereocenters. The van der Waals surface area contributed by atoms with Crippen molar-refractivity contribution in [3.63, 3.8) is 0 Å². The summed E-state index contributed by atoms with van der Waals surface area (Å²) in [5, 5.41) is 2.26. The first-order valence-electron chi connectivity index (χ1n) is 10.5. The van der Waals surface area contributed by atoms with Gasteiger partial charge in [-0.1, -0.05) is 44.2 Å². The fourth-order valence-electron chi connectivity index (χ4n) is 4.46. The summed E-state index contributed by atoms with van der Waals surface area (Å²) in [6, 6.07) is 10.4. The molecule has 0 radical (unpaired) electrons. The lowest BCUT2D eigenvalue weighted by molar-refractivity contribution is 0.0918. The number of anilines is 1. The average Bonchev–Trinajstić information content (AvgIpc) is 3.29. The van der Waals surface area contributed by atoms with E-state index in [1.54, 1.807) is 22.7 Å². The SMILES string of the molecule is Cc1nc(-c2ccccc2)sc1-c1c(N2CCOCC2)sc2c1CC(C)(C)CC2=O. The molecule has 5 rings (SSSR count). The maximum absolute atomic E-state index is 13.0. The number of fused-ring (bicyclic) bond motifs is 1. The van der Waals surface area contributed by atoms with Gasteiger partial charge in [-0.05, 0) is 24.3 Å². The van der Waals surface area contributed by atoms with Gasteiger partial charge in [-0.15, -0.1) is 22.7 Å². The highest BCUT2D eigenvalue weighted by Gasteiger charge is 2.37. The van der Waals surface area contributed by atoms with Crippen LogP contribution in [-0.2, 0) is 11.2 Å². The zero-order valence-electron chi connectivity index (χ0n) is 17.7. The number of ketones is 1. The number of thiazole rings is 1. The zero-order chi connectivity index (χ0) is 20.9. The van der Waals surface area contributed by atoms with E-state index in [4.69, 9.17) is 9.72 Å². The number of ether oxygens (including phenoxy) is 1. The van der Waals surface area contributed by atoms with Crippen molar-refractivity contribution in [1.29, 1.82) is 0 Å². The maximum atomic E-state index is 13.0. The molecule has 1 aromatic carbocycles. The molecule has 0 N–H and O–H groups in total. The number of hydrogen-bond acceptors (Lipinski definition) is 6. The normalized spacial score (nSPS) is 18.5. The van der Waals surface area contributed by atoms with Gasteiger partial charge in [0.25, 0.3) is 0 Å². The Kier molecular flexibility index (Phi) is 5.04. The summed E-state index contributed by atoms with van der Waals surface area (Å²) in [5.74, 6) is 0.289. The summed E-state index contributed by atoms with van der Waals surface area (Å²) in [6.07, 6.45) is 1.56. The first-order valence-corrected chi connectivity index (χ1v) is 12.1. The van der Waals surface area contributed by atoms with Crippen molar-refractivity contribution in [2.75, 3.05) is 31.2 Å². The Labute approximate surface area is 185 Å². The number of nitrogens with zero attached hydrogens (tertiary/aromatic N) is 2. The first kappa shape index (κ1) is 19.9. The Balaban J connectivity index is 1.69. The Hall–Kier alpha value is -2.02. The molecule has 6 heteroatoms. The second-order valence-electron chi connectivity index (χ2n) is 8.93. The van der Waals surface area contributed by atoms with Gasteiger partial charge >= 0.3 is 0 Å². The second kappa shape index (κ2) is 7.59. The molecule has 1 saturated heterocycles. The lowest BCUT2D eigenvalue weighted by Gasteiger charge is -2.30. The number of benzene rings is 1. The quantitative estimate of drug-likeness (QED) is 0.515. The monoisotopic (exact) mass is 438 g/mol. The van der Waals surface area contributed by atoms with E-state index in [0.717, 1.165) is 53.9 Å².